The molecule has 0 fully saturated rings. The Morgan fingerprint density at radius 1 is 0.283 bits per heavy atom. The fourth-order valence-electron chi connectivity index (χ4n) is 9.36. The highest BCUT2D eigenvalue weighted by atomic mass is 16.3. The second-order valence-electron chi connectivity index (χ2n) is 15.6. The number of para-hydroxylation sites is 2. The summed E-state index contributed by atoms with van der Waals surface area (Å²) < 4.78 is 6.82. The molecule has 0 aliphatic carbocycles. The van der Waals surface area contributed by atoms with Crippen LogP contribution in [-0.2, 0) is 0 Å². The van der Waals surface area contributed by atoms with E-state index in [4.69, 9.17) is 4.42 Å². The average molecular weight is 764 g/mol. The number of fused-ring (bicyclic) bond motifs is 8. The van der Waals surface area contributed by atoms with Crippen LogP contribution >= 0.6 is 0 Å². The molecule has 0 atom stereocenters. The molecule has 12 rings (SSSR count). The summed E-state index contributed by atoms with van der Waals surface area (Å²) in [4.78, 5) is 2.43. The van der Waals surface area contributed by atoms with Crippen molar-refractivity contribution < 1.29 is 4.42 Å². The molecule has 0 amide bonds. The minimum atomic E-state index is 0.889. The molecule has 0 unspecified atom stereocenters. The van der Waals surface area contributed by atoms with Gasteiger partial charge in [-0.1, -0.05) is 182 Å². The number of hydrogen-bond donors (Lipinski definition) is 0. The number of hydrogen-bond acceptors (Lipinski definition) is 2. The van der Waals surface area contributed by atoms with Gasteiger partial charge < -0.3 is 9.32 Å². The summed E-state index contributed by atoms with van der Waals surface area (Å²) >= 11 is 0. The second-order valence-corrected chi connectivity index (χ2v) is 15.6. The molecule has 0 aliphatic rings. The fourth-order valence-corrected chi connectivity index (χ4v) is 9.36. The Labute approximate surface area is 347 Å². The van der Waals surface area contributed by atoms with Crippen molar-refractivity contribution >= 4 is 82.1 Å². The Morgan fingerprint density at radius 2 is 0.867 bits per heavy atom. The first-order valence-corrected chi connectivity index (χ1v) is 20.6. The lowest BCUT2D eigenvalue weighted by molar-refractivity contribution is 0.670. The highest BCUT2D eigenvalue weighted by molar-refractivity contribution is 6.16. The quantitative estimate of drug-likeness (QED) is 0.157. The molecular formula is C58H37NO. The van der Waals surface area contributed by atoms with Gasteiger partial charge in [-0.25, -0.2) is 0 Å². The molecule has 0 saturated carbocycles. The summed E-state index contributed by atoms with van der Waals surface area (Å²) in [6.07, 6.45) is 0. The molecular weight excluding hydrogens is 727 g/mol. The predicted molar refractivity (Wildman–Crippen MR) is 255 cm³/mol. The SMILES string of the molecule is c1cc(-c2ccc(N(c3ccccc3-c3cccc4c3oc3cc5ccccc5cc34)c3cccc4c3ccc3ccccc34)cc2)cc(-c2cccc3ccccc23)c1. The Bertz CT molecular complexity index is 3610. The number of rotatable bonds is 6. The first-order chi connectivity index (χ1) is 29.7. The molecule has 1 heterocycles. The molecule has 12 aromatic rings. The maximum Gasteiger partial charge on any atom is 0.143 e. The van der Waals surface area contributed by atoms with Crippen LogP contribution in [0.2, 0.25) is 0 Å². The summed E-state index contributed by atoms with van der Waals surface area (Å²) in [5.41, 5.74) is 12.0. The highest BCUT2D eigenvalue weighted by Crippen LogP contribution is 2.47. The molecule has 0 radical (unpaired) electrons. The van der Waals surface area contributed by atoms with E-state index in [1.807, 2.05) is 0 Å². The fraction of sp³-hybridized carbons (Fsp3) is 0. The van der Waals surface area contributed by atoms with Gasteiger partial charge in [-0.3, -0.25) is 0 Å². The van der Waals surface area contributed by atoms with Crippen molar-refractivity contribution in [1.29, 1.82) is 0 Å². The van der Waals surface area contributed by atoms with Crippen molar-refractivity contribution in [2.45, 2.75) is 0 Å². The second kappa shape index (κ2) is 13.9. The van der Waals surface area contributed by atoms with Gasteiger partial charge in [0.25, 0.3) is 0 Å². The van der Waals surface area contributed by atoms with Gasteiger partial charge in [-0.15, -0.1) is 0 Å². The molecule has 0 spiro atoms. The van der Waals surface area contributed by atoms with Gasteiger partial charge in [0, 0.05) is 33.0 Å². The van der Waals surface area contributed by atoms with Gasteiger partial charge in [-0.05, 0) is 102 Å². The lowest BCUT2D eigenvalue weighted by atomic mass is 9.95. The van der Waals surface area contributed by atoms with Crippen molar-refractivity contribution in [2.75, 3.05) is 4.90 Å². The third kappa shape index (κ3) is 5.57. The minimum Gasteiger partial charge on any atom is -0.455 e. The number of furan rings is 1. The van der Waals surface area contributed by atoms with Crippen LogP contribution in [0.3, 0.4) is 0 Å². The van der Waals surface area contributed by atoms with Crippen LogP contribution in [-0.4, -0.2) is 0 Å². The van der Waals surface area contributed by atoms with E-state index in [-0.39, 0.29) is 0 Å². The van der Waals surface area contributed by atoms with Crippen LogP contribution in [0.4, 0.5) is 17.1 Å². The van der Waals surface area contributed by atoms with Crippen molar-refractivity contribution in [1.82, 2.24) is 0 Å². The van der Waals surface area contributed by atoms with Crippen LogP contribution in [0, 0.1) is 0 Å². The zero-order valence-corrected chi connectivity index (χ0v) is 32.7. The van der Waals surface area contributed by atoms with Gasteiger partial charge in [-0.2, -0.15) is 0 Å². The zero-order chi connectivity index (χ0) is 39.6. The summed E-state index contributed by atoms with van der Waals surface area (Å²) in [6.45, 7) is 0. The molecule has 1 aromatic heterocycles. The van der Waals surface area contributed by atoms with Crippen molar-refractivity contribution in [2.24, 2.45) is 0 Å². The maximum atomic E-state index is 6.82. The number of anilines is 3. The Morgan fingerprint density at radius 3 is 1.73 bits per heavy atom. The van der Waals surface area contributed by atoms with Crippen molar-refractivity contribution in [3.63, 3.8) is 0 Å². The Hall–Kier alpha value is -7.94. The van der Waals surface area contributed by atoms with Gasteiger partial charge >= 0.3 is 0 Å². The molecule has 0 saturated heterocycles. The predicted octanol–water partition coefficient (Wildman–Crippen LogP) is 16.7. The minimum absolute atomic E-state index is 0.889. The lowest BCUT2D eigenvalue weighted by Gasteiger charge is -2.29. The summed E-state index contributed by atoms with van der Waals surface area (Å²) in [5.74, 6) is 0. The van der Waals surface area contributed by atoms with Crippen LogP contribution < -0.4 is 4.90 Å². The molecule has 0 bridgehead atoms. The van der Waals surface area contributed by atoms with Crippen LogP contribution in [0.1, 0.15) is 0 Å². The van der Waals surface area contributed by atoms with E-state index in [9.17, 15) is 0 Å². The zero-order valence-electron chi connectivity index (χ0n) is 32.7. The van der Waals surface area contributed by atoms with E-state index >= 15 is 0 Å². The summed E-state index contributed by atoms with van der Waals surface area (Å²) in [5, 5.41) is 12.0. The maximum absolute atomic E-state index is 6.82. The third-order valence-electron chi connectivity index (χ3n) is 12.2. The lowest BCUT2D eigenvalue weighted by Crippen LogP contribution is -2.11. The van der Waals surface area contributed by atoms with Gasteiger partial charge in [0.05, 0.1) is 11.4 Å². The van der Waals surface area contributed by atoms with E-state index in [0.717, 1.165) is 55.7 Å². The van der Waals surface area contributed by atoms with E-state index in [2.05, 4.69) is 229 Å². The molecule has 60 heavy (non-hydrogen) atoms. The third-order valence-corrected chi connectivity index (χ3v) is 12.2. The first-order valence-electron chi connectivity index (χ1n) is 20.6. The van der Waals surface area contributed by atoms with Gasteiger partial charge in [0.2, 0.25) is 0 Å². The summed E-state index contributed by atoms with van der Waals surface area (Å²) in [7, 11) is 0. The molecule has 280 valence electrons. The largest absolute Gasteiger partial charge is 0.455 e. The molecule has 11 aromatic carbocycles. The van der Waals surface area contributed by atoms with Gasteiger partial charge in [0.15, 0.2) is 0 Å². The van der Waals surface area contributed by atoms with E-state index in [1.165, 1.54) is 59.8 Å². The van der Waals surface area contributed by atoms with Gasteiger partial charge in [0.1, 0.15) is 11.2 Å². The number of nitrogens with zero attached hydrogens (tertiary/aromatic N) is 1. The molecule has 0 aliphatic heterocycles. The standard InChI is InChI=1S/C58H37NO/c1-2-16-43-37-57-54(36-42(43)15-1)53-26-11-25-52(58(53)60-57)50-22-7-8-27-55(50)59(56-28-12-24-49-47-21-6-4-14-40(47)31-34-51(49)56)45-32-29-38(30-33-45)41-18-9-19-44(35-41)48-23-10-17-39-13-3-5-20-46(39)48/h1-37H. The molecule has 2 nitrogen and oxygen atoms in total. The van der Waals surface area contributed by atoms with Crippen LogP contribution in [0.25, 0.3) is 98.4 Å². The Balaban J connectivity index is 1.04. The average Bonchev–Trinajstić information content (AvgIpc) is 3.68. The van der Waals surface area contributed by atoms with E-state index < -0.39 is 0 Å². The monoisotopic (exact) mass is 763 g/mol. The summed E-state index contributed by atoms with van der Waals surface area (Å²) in [6, 6.07) is 81.3. The van der Waals surface area contributed by atoms with E-state index in [1.54, 1.807) is 0 Å². The van der Waals surface area contributed by atoms with E-state index in [0.29, 0.717) is 0 Å². The normalized spacial score (nSPS) is 11.7. The van der Waals surface area contributed by atoms with Crippen LogP contribution in [0.5, 0.6) is 0 Å². The molecule has 2 heteroatoms. The van der Waals surface area contributed by atoms with Crippen LogP contribution in [0.15, 0.2) is 229 Å². The first kappa shape index (κ1) is 34.1. The van der Waals surface area contributed by atoms with Crippen molar-refractivity contribution in [3.05, 3.63) is 224 Å². The number of benzene rings is 11. The molecule has 0 N–H and O–H groups in total. The smallest absolute Gasteiger partial charge is 0.143 e. The highest BCUT2D eigenvalue weighted by Gasteiger charge is 2.22. The van der Waals surface area contributed by atoms with Crippen molar-refractivity contribution in [3.8, 4) is 33.4 Å². The topological polar surface area (TPSA) is 16.4 Å². The Kier molecular flexibility index (Phi) is 7.89.